The van der Waals surface area contributed by atoms with Crippen LogP contribution in [0.25, 0.3) is 0 Å². The minimum Gasteiger partial charge on any atom is -0.333 e. The van der Waals surface area contributed by atoms with Crippen LogP contribution in [0.5, 0.6) is 0 Å². The van der Waals surface area contributed by atoms with Crippen molar-refractivity contribution in [2.24, 2.45) is 11.8 Å². The van der Waals surface area contributed by atoms with Gasteiger partial charge in [-0.25, -0.2) is 0 Å². The first kappa shape index (κ1) is 13.6. The van der Waals surface area contributed by atoms with Crippen LogP contribution in [-0.2, 0) is 6.42 Å². The molecule has 1 N–H and O–H groups in total. The van der Waals surface area contributed by atoms with E-state index in [1.807, 2.05) is 12.1 Å². The number of benzene rings is 1. The summed E-state index contributed by atoms with van der Waals surface area (Å²) >= 11 is 0. The summed E-state index contributed by atoms with van der Waals surface area (Å²) < 4.78 is 0. The van der Waals surface area contributed by atoms with E-state index >= 15 is 0 Å². The summed E-state index contributed by atoms with van der Waals surface area (Å²) in [6, 6.07) is 8.09. The molecule has 0 aliphatic carbocycles. The van der Waals surface area contributed by atoms with E-state index in [-0.39, 0.29) is 11.4 Å². The van der Waals surface area contributed by atoms with Crippen molar-refractivity contribution in [3.8, 4) is 0 Å². The van der Waals surface area contributed by atoms with Gasteiger partial charge >= 0.3 is 0 Å². The van der Waals surface area contributed by atoms with Crippen molar-refractivity contribution in [1.29, 1.82) is 0 Å². The summed E-state index contributed by atoms with van der Waals surface area (Å²) in [7, 11) is 0. The van der Waals surface area contributed by atoms with Crippen LogP contribution in [0, 0.1) is 11.8 Å². The molecule has 2 saturated heterocycles. The molecule has 3 nitrogen and oxygen atoms in total. The van der Waals surface area contributed by atoms with Gasteiger partial charge in [-0.05, 0) is 49.8 Å². The number of hydrogen-bond acceptors (Lipinski definition) is 2. The fourth-order valence-electron chi connectivity index (χ4n) is 3.80. The van der Waals surface area contributed by atoms with Gasteiger partial charge in [0, 0.05) is 30.7 Å². The molecule has 20 heavy (non-hydrogen) atoms. The summed E-state index contributed by atoms with van der Waals surface area (Å²) in [5, 5.41) is 3.46. The smallest absolute Gasteiger partial charge is 0.254 e. The van der Waals surface area contributed by atoms with E-state index in [1.54, 1.807) is 0 Å². The normalized spacial score (nSPS) is 27.6. The van der Waals surface area contributed by atoms with Crippen LogP contribution in [0.1, 0.15) is 36.7 Å². The van der Waals surface area contributed by atoms with Crippen LogP contribution < -0.4 is 5.32 Å². The fraction of sp³-hybridized carbons (Fsp3) is 0.588. The molecule has 2 aliphatic heterocycles. The molecule has 3 rings (SSSR count). The predicted molar refractivity (Wildman–Crippen MR) is 80.8 cm³/mol. The highest BCUT2D eigenvalue weighted by atomic mass is 16.2. The minimum atomic E-state index is -0.0469. The lowest BCUT2D eigenvalue weighted by atomic mass is 9.84. The Hall–Kier alpha value is -1.35. The Morgan fingerprint density at radius 2 is 2.00 bits per heavy atom. The van der Waals surface area contributed by atoms with Crippen LogP contribution in [0.15, 0.2) is 24.3 Å². The topological polar surface area (TPSA) is 32.3 Å². The Bertz CT molecular complexity index is 506. The third kappa shape index (κ3) is 2.05. The van der Waals surface area contributed by atoms with Crippen LogP contribution in [-0.4, -0.2) is 36.0 Å². The average Bonchev–Trinajstić information content (AvgIpc) is 3.01. The van der Waals surface area contributed by atoms with Gasteiger partial charge in [0.25, 0.3) is 5.91 Å². The van der Waals surface area contributed by atoms with Crippen molar-refractivity contribution in [3.05, 3.63) is 35.4 Å². The molecule has 2 heterocycles. The Kier molecular flexibility index (Phi) is 3.33. The van der Waals surface area contributed by atoms with E-state index in [9.17, 15) is 4.79 Å². The van der Waals surface area contributed by atoms with Crippen molar-refractivity contribution in [2.45, 2.75) is 32.7 Å². The van der Waals surface area contributed by atoms with Gasteiger partial charge in [-0.3, -0.25) is 4.79 Å². The third-order valence-electron chi connectivity index (χ3n) is 5.21. The quantitative estimate of drug-likeness (QED) is 0.896. The minimum absolute atomic E-state index is 0.0469. The maximum Gasteiger partial charge on any atom is 0.254 e. The highest BCUT2D eigenvalue weighted by Gasteiger charge is 2.51. The van der Waals surface area contributed by atoms with E-state index in [0.717, 1.165) is 31.6 Å². The molecule has 2 unspecified atom stereocenters. The van der Waals surface area contributed by atoms with Crippen molar-refractivity contribution >= 4 is 5.91 Å². The molecular weight excluding hydrogens is 248 g/mol. The van der Waals surface area contributed by atoms with Crippen LogP contribution in [0.4, 0.5) is 0 Å². The van der Waals surface area contributed by atoms with Crippen molar-refractivity contribution in [3.63, 3.8) is 0 Å². The van der Waals surface area contributed by atoms with Gasteiger partial charge in [0.05, 0.1) is 0 Å². The molecule has 0 saturated carbocycles. The van der Waals surface area contributed by atoms with Gasteiger partial charge in [-0.2, -0.15) is 0 Å². The van der Waals surface area contributed by atoms with Gasteiger partial charge in [-0.1, -0.05) is 19.1 Å². The van der Waals surface area contributed by atoms with Crippen molar-refractivity contribution in [2.75, 3.05) is 19.6 Å². The first-order valence-corrected chi connectivity index (χ1v) is 7.65. The van der Waals surface area contributed by atoms with Crippen LogP contribution >= 0.6 is 0 Å². The number of amides is 1. The van der Waals surface area contributed by atoms with Crippen LogP contribution in [0.2, 0.25) is 0 Å². The molecule has 0 bridgehead atoms. The molecule has 0 radical (unpaired) electrons. The monoisotopic (exact) mass is 272 g/mol. The van der Waals surface area contributed by atoms with E-state index in [0.29, 0.717) is 11.8 Å². The molecule has 1 aromatic carbocycles. The average molecular weight is 272 g/mol. The van der Waals surface area contributed by atoms with E-state index in [1.165, 1.54) is 5.56 Å². The third-order valence-corrected chi connectivity index (χ3v) is 5.21. The molecule has 0 aromatic heterocycles. The van der Waals surface area contributed by atoms with Gasteiger partial charge in [-0.15, -0.1) is 0 Å². The van der Waals surface area contributed by atoms with Crippen LogP contribution in [0.3, 0.4) is 0 Å². The van der Waals surface area contributed by atoms with Crippen molar-refractivity contribution in [1.82, 2.24) is 10.2 Å². The van der Waals surface area contributed by atoms with Gasteiger partial charge in [0.1, 0.15) is 0 Å². The first-order chi connectivity index (χ1) is 9.54. The number of nitrogens with one attached hydrogen (secondary N) is 1. The molecule has 2 atom stereocenters. The summed E-state index contributed by atoms with van der Waals surface area (Å²) in [6.45, 7) is 9.53. The lowest BCUT2D eigenvalue weighted by molar-refractivity contribution is 0.0603. The maximum absolute atomic E-state index is 12.8. The number of aryl methyl sites for hydroxylation is 1. The number of likely N-dealkylation sites (tertiary alicyclic amines) is 1. The fourth-order valence-corrected chi connectivity index (χ4v) is 3.80. The van der Waals surface area contributed by atoms with Gasteiger partial charge in [0.15, 0.2) is 0 Å². The molecule has 108 valence electrons. The zero-order valence-corrected chi connectivity index (χ0v) is 12.6. The molecule has 0 spiro atoms. The Morgan fingerprint density at radius 3 is 2.60 bits per heavy atom. The Balaban J connectivity index is 1.83. The maximum atomic E-state index is 12.8. The van der Waals surface area contributed by atoms with E-state index in [2.05, 4.69) is 43.1 Å². The van der Waals surface area contributed by atoms with E-state index < -0.39 is 0 Å². The molecule has 2 fully saturated rings. The highest BCUT2D eigenvalue weighted by Crippen LogP contribution is 2.41. The number of carbonyl (C=O) groups is 1. The Morgan fingerprint density at radius 1 is 1.30 bits per heavy atom. The second-order valence-electron chi connectivity index (χ2n) is 6.64. The largest absolute Gasteiger partial charge is 0.333 e. The summed E-state index contributed by atoms with van der Waals surface area (Å²) in [6.07, 6.45) is 1.01. The molecule has 1 amide bonds. The number of hydrogen-bond donors (Lipinski definition) is 1. The second kappa shape index (κ2) is 4.88. The summed E-state index contributed by atoms with van der Waals surface area (Å²) in [4.78, 5) is 14.9. The van der Waals surface area contributed by atoms with E-state index in [4.69, 9.17) is 0 Å². The molecular formula is C17H24N2O. The second-order valence-corrected chi connectivity index (χ2v) is 6.64. The van der Waals surface area contributed by atoms with Gasteiger partial charge in [0.2, 0.25) is 0 Å². The zero-order valence-electron chi connectivity index (χ0n) is 12.6. The summed E-state index contributed by atoms with van der Waals surface area (Å²) in [5.74, 6) is 1.39. The molecule has 2 aliphatic rings. The standard InChI is InChI=1S/C17H24N2O/c1-4-12-5-7-13(8-6-12)16(20)19-11-14-9-18-10-15(14)17(19,2)3/h5-8,14-15,18H,4,9-11H2,1-3H3. The summed E-state index contributed by atoms with van der Waals surface area (Å²) in [5.41, 5.74) is 2.06. The number of carbonyl (C=O) groups excluding carboxylic acids is 1. The highest BCUT2D eigenvalue weighted by molar-refractivity contribution is 5.95. The number of nitrogens with zero attached hydrogens (tertiary/aromatic N) is 1. The SMILES string of the molecule is CCc1ccc(C(=O)N2CC3CNCC3C2(C)C)cc1. The van der Waals surface area contributed by atoms with Gasteiger partial charge < -0.3 is 10.2 Å². The number of fused-ring (bicyclic) bond motifs is 1. The van der Waals surface area contributed by atoms with Crippen molar-refractivity contribution < 1.29 is 4.79 Å². The molecule has 3 heteroatoms. The zero-order chi connectivity index (χ0) is 14.3. The first-order valence-electron chi connectivity index (χ1n) is 7.65. The number of rotatable bonds is 2. The lowest BCUT2D eigenvalue weighted by Crippen LogP contribution is -2.47. The lowest BCUT2D eigenvalue weighted by Gasteiger charge is -2.35. The molecule has 1 aromatic rings. The Labute approximate surface area is 121 Å². The predicted octanol–water partition coefficient (Wildman–Crippen LogP) is 2.32.